The van der Waals surface area contributed by atoms with E-state index in [4.69, 9.17) is 0 Å². The van der Waals surface area contributed by atoms with Gasteiger partial charge in [-0.25, -0.2) is 15.0 Å². The predicted octanol–water partition coefficient (Wildman–Crippen LogP) is 3.05. The van der Waals surface area contributed by atoms with Crippen LogP contribution >= 0.6 is 0 Å². The van der Waals surface area contributed by atoms with E-state index in [-0.39, 0.29) is 0 Å². The van der Waals surface area contributed by atoms with Gasteiger partial charge >= 0.3 is 0 Å². The highest BCUT2D eigenvalue weighted by Gasteiger charge is 2.11. The fourth-order valence-electron chi connectivity index (χ4n) is 1.92. The summed E-state index contributed by atoms with van der Waals surface area (Å²) in [5.74, 6) is 1.60. The molecule has 0 bridgehead atoms. The monoisotopic (exact) mass is 259 g/mol. The summed E-state index contributed by atoms with van der Waals surface area (Å²) in [4.78, 5) is 13.3. The Hall–Kier alpha value is -1.91. The number of rotatable bonds is 5. The van der Waals surface area contributed by atoms with E-state index in [1.54, 1.807) is 0 Å². The van der Waals surface area contributed by atoms with E-state index in [1.165, 1.54) is 0 Å². The predicted molar refractivity (Wildman–Crippen MR) is 77.2 cm³/mol. The van der Waals surface area contributed by atoms with Crippen molar-refractivity contribution in [3.05, 3.63) is 24.3 Å². The third kappa shape index (κ3) is 3.10. The molecule has 2 rings (SSSR count). The number of aromatic nitrogens is 4. The first kappa shape index (κ1) is 13.5. The van der Waals surface area contributed by atoms with Gasteiger partial charge < -0.3 is 9.88 Å². The highest BCUT2D eigenvalue weighted by Crippen LogP contribution is 2.20. The third-order valence-electron chi connectivity index (χ3n) is 2.86. The van der Waals surface area contributed by atoms with Gasteiger partial charge in [0.15, 0.2) is 5.82 Å². The topological polar surface area (TPSA) is 55.6 Å². The van der Waals surface area contributed by atoms with Gasteiger partial charge in [-0.1, -0.05) is 6.92 Å². The van der Waals surface area contributed by atoms with Crippen LogP contribution in [0.15, 0.2) is 18.6 Å². The number of aryl methyl sites for hydroxylation is 1. The minimum atomic E-state index is 0.341. The van der Waals surface area contributed by atoms with Crippen LogP contribution in [-0.4, -0.2) is 26.1 Å². The average molecular weight is 259 g/mol. The van der Waals surface area contributed by atoms with E-state index >= 15 is 0 Å². The molecule has 19 heavy (non-hydrogen) atoms. The van der Waals surface area contributed by atoms with Gasteiger partial charge in [-0.15, -0.1) is 0 Å². The van der Waals surface area contributed by atoms with Crippen molar-refractivity contribution in [1.29, 1.82) is 0 Å². The number of nitrogens with one attached hydrogen (secondary N) is 1. The minimum absolute atomic E-state index is 0.341. The summed E-state index contributed by atoms with van der Waals surface area (Å²) in [6.45, 7) is 9.28. The number of anilines is 1. The summed E-state index contributed by atoms with van der Waals surface area (Å²) in [6.07, 6.45) is 4.71. The fraction of sp³-hybridized carbons (Fsp3) is 0.500. The van der Waals surface area contributed by atoms with E-state index in [9.17, 15) is 0 Å². The van der Waals surface area contributed by atoms with Gasteiger partial charge in [0.1, 0.15) is 11.5 Å². The van der Waals surface area contributed by atoms with Crippen molar-refractivity contribution >= 4 is 5.82 Å². The maximum absolute atomic E-state index is 4.57. The molecule has 0 spiro atoms. The van der Waals surface area contributed by atoms with Gasteiger partial charge in [0.05, 0.1) is 12.5 Å². The molecule has 0 amide bonds. The lowest BCUT2D eigenvalue weighted by atomic mass is 10.3. The Kier molecular flexibility index (Phi) is 4.14. The molecule has 0 saturated heterocycles. The van der Waals surface area contributed by atoms with Crippen LogP contribution < -0.4 is 5.32 Å². The standard InChI is InChI=1S/C14H21N5/c1-5-6-16-13-7-11(4)17-14(18-13)12-8-15-9-19(12)10(2)3/h7-10H,5-6H2,1-4H3,(H,16,17,18). The molecular weight excluding hydrogens is 238 g/mol. The van der Waals surface area contributed by atoms with Crippen LogP contribution in [0.4, 0.5) is 5.82 Å². The van der Waals surface area contributed by atoms with Crippen LogP contribution in [-0.2, 0) is 0 Å². The quantitative estimate of drug-likeness (QED) is 0.896. The molecule has 0 aliphatic carbocycles. The van der Waals surface area contributed by atoms with Crippen LogP contribution in [0.5, 0.6) is 0 Å². The van der Waals surface area contributed by atoms with Gasteiger partial charge in [-0.2, -0.15) is 0 Å². The summed E-state index contributed by atoms with van der Waals surface area (Å²) in [6, 6.07) is 2.31. The van der Waals surface area contributed by atoms with E-state index in [1.807, 2.05) is 25.5 Å². The SMILES string of the molecule is CCCNc1cc(C)nc(-c2cncn2C(C)C)n1. The van der Waals surface area contributed by atoms with Crippen LogP contribution in [0.2, 0.25) is 0 Å². The third-order valence-corrected chi connectivity index (χ3v) is 2.86. The Bertz CT molecular complexity index is 545. The van der Waals surface area contributed by atoms with Crippen LogP contribution in [0.25, 0.3) is 11.5 Å². The fourth-order valence-corrected chi connectivity index (χ4v) is 1.92. The van der Waals surface area contributed by atoms with Gasteiger partial charge in [-0.3, -0.25) is 0 Å². The Labute approximate surface area is 114 Å². The second-order valence-electron chi connectivity index (χ2n) is 4.92. The Balaban J connectivity index is 2.38. The van der Waals surface area contributed by atoms with Gasteiger partial charge in [-0.05, 0) is 27.2 Å². The van der Waals surface area contributed by atoms with Crippen molar-refractivity contribution < 1.29 is 0 Å². The van der Waals surface area contributed by atoms with Crippen molar-refractivity contribution in [2.75, 3.05) is 11.9 Å². The molecular formula is C14H21N5. The second-order valence-corrected chi connectivity index (χ2v) is 4.92. The molecule has 0 fully saturated rings. The highest BCUT2D eigenvalue weighted by atomic mass is 15.1. The molecule has 102 valence electrons. The lowest BCUT2D eigenvalue weighted by Crippen LogP contribution is -2.07. The van der Waals surface area contributed by atoms with Crippen LogP contribution in [0, 0.1) is 6.92 Å². The van der Waals surface area contributed by atoms with Crippen LogP contribution in [0.1, 0.15) is 38.9 Å². The summed E-state index contributed by atoms with van der Waals surface area (Å²) in [5, 5.41) is 3.31. The summed E-state index contributed by atoms with van der Waals surface area (Å²) >= 11 is 0. The normalized spacial score (nSPS) is 11.0. The van der Waals surface area contributed by atoms with Crippen molar-refractivity contribution in [3.63, 3.8) is 0 Å². The van der Waals surface area contributed by atoms with Gasteiger partial charge in [0.2, 0.25) is 0 Å². The molecule has 0 saturated carbocycles. The molecule has 2 aromatic heterocycles. The summed E-state index contributed by atoms with van der Waals surface area (Å²) in [5.41, 5.74) is 1.92. The molecule has 5 nitrogen and oxygen atoms in total. The number of hydrogen-bond donors (Lipinski definition) is 1. The molecule has 0 aromatic carbocycles. The second kappa shape index (κ2) is 5.82. The Morgan fingerprint density at radius 1 is 1.32 bits per heavy atom. The zero-order chi connectivity index (χ0) is 13.8. The number of imidazole rings is 1. The first-order valence-electron chi connectivity index (χ1n) is 6.73. The smallest absolute Gasteiger partial charge is 0.180 e. The highest BCUT2D eigenvalue weighted by molar-refractivity contribution is 5.53. The molecule has 0 aliphatic rings. The maximum Gasteiger partial charge on any atom is 0.180 e. The largest absolute Gasteiger partial charge is 0.370 e. The van der Waals surface area contributed by atoms with E-state index < -0.39 is 0 Å². The van der Waals surface area contributed by atoms with Crippen molar-refractivity contribution in [1.82, 2.24) is 19.5 Å². The van der Waals surface area contributed by atoms with E-state index in [0.717, 1.165) is 36.0 Å². The number of hydrogen-bond acceptors (Lipinski definition) is 4. The minimum Gasteiger partial charge on any atom is -0.370 e. The van der Waals surface area contributed by atoms with E-state index in [2.05, 4.69) is 45.6 Å². The molecule has 2 aromatic rings. The molecule has 0 atom stereocenters. The van der Waals surface area contributed by atoms with E-state index in [0.29, 0.717) is 6.04 Å². The molecule has 0 radical (unpaired) electrons. The molecule has 2 heterocycles. The lowest BCUT2D eigenvalue weighted by molar-refractivity contribution is 0.603. The van der Waals surface area contributed by atoms with Crippen molar-refractivity contribution in [2.45, 2.75) is 40.2 Å². The zero-order valence-electron chi connectivity index (χ0n) is 12.0. The van der Waals surface area contributed by atoms with Crippen LogP contribution in [0.3, 0.4) is 0 Å². The Morgan fingerprint density at radius 3 is 2.79 bits per heavy atom. The number of nitrogens with zero attached hydrogens (tertiary/aromatic N) is 4. The Morgan fingerprint density at radius 2 is 2.11 bits per heavy atom. The molecule has 5 heteroatoms. The average Bonchev–Trinajstić information content (AvgIpc) is 2.85. The summed E-state index contributed by atoms with van der Waals surface area (Å²) in [7, 11) is 0. The van der Waals surface area contributed by atoms with Gasteiger partial charge in [0.25, 0.3) is 0 Å². The van der Waals surface area contributed by atoms with Crippen molar-refractivity contribution in [2.24, 2.45) is 0 Å². The molecule has 1 N–H and O–H groups in total. The first-order valence-corrected chi connectivity index (χ1v) is 6.73. The molecule has 0 aliphatic heterocycles. The summed E-state index contributed by atoms with van der Waals surface area (Å²) < 4.78 is 2.08. The maximum atomic E-state index is 4.57. The van der Waals surface area contributed by atoms with Gasteiger partial charge in [0, 0.05) is 24.3 Å². The van der Waals surface area contributed by atoms with Crippen molar-refractivity contribution in [3.8, 4) is 11.5 Å². The lowest BCUT2D eigenvalue weighted by Gasteiger charge is -2.12. The first-order chi connectivity index (χ1) is 9.11. The molecule has 0 unspecified atom stereocenters. The zero-order valence-corrected chi connectivity index (χ0v) is 12.0.